The molecule has 0 aliphatic heterocycles. The zero-order chi connectivity index (χ0) is 13.8. The Kier molecular flexibility index (Phi) is 3.85. The van der Waals surface area contributed by atoms with Gasteiger partial charge in [0.25, 0.3) is 5.91 Å². The lowest BCUT2D eigenvalue weighted by Crippen LogP contribution is -2.24. The summed E-state index contributed by atoms with van der Waals surface area (Å²) < 4.78 is 4.66. The lowest BCUT2D eigenvalue weighted by Gasteiger charge is -1.99. The molecule has 0 radical (unpaired) electrons. The number of aromatic amines is 1. The highest BCUT2D eigenvalue weighted by molar-refractivity contribution is 6.00. The first-order valence-corrected chi connectivity index (χ1v) is 6.15. The molecule has 2 aromatic rings. The summed E-state index contributed by atoms with van der Waals surface area (Å²) in [5.74, 6) is -0.530. The van der Waals surface area contributed by atoms with E-state index in [9.17, 15) is 9.59 Å². The van der Waals surface area contributed by atoms with Crippen LogP contribution in [-0.4, -0.2) is 30.5 Å². The van der Waals surface area contributed by atoms with Crippen molar-refractivity contribution in [1.82, 2.24) is 10.3 Å². The molecular weight excluding hydrogens is 244 g/mol. The second-order valence-electron chi connectivity index (χ2n) is 4.23. The molecule has 0 saturated carbocycles. The Bertz CT molecular complexity index is 616. The minimum absolute atomic E-state index is 0.141. The lowest BCUT2D eigenvalue weighted by molar-refractivity contribution is 0.0600. The number of fused-ring (bicyclic) bond motifs is 1. The van der Waals surface area contributed by atoms with Crippen LogP contribution >= 0.6 is 0 Å². The molecule has 5 nitrogen and oxygen atoms in total. The molecule has 0 spiro atoms. The van der Waals surface area contributed by atoms with E-state index in [0.717, 1.165) is 17.3 Å². The van der Waals surface area contributed by atoms with Crippen molar-refractivity contribution in [1.29, 1.82) is 0 Å². The third-order valence-electron chi connectivity index (χ3n) is 2.82. The van der Waals surface area contributed by atoms with Gasteiger partial charge >= 0.3 is 5.97 Å². The van der Waals surface area contributed by atoms with E-state index in [1.165, 1.54) is 7.11 Å². The summed E-state index contributed by atoms with van der Waals surface area (Å²) in [6.45, 7) is 2.63. The molecule has 1 amide bonds. The van der Waals surface area contributed by atoms with Crippen LogP contribution < -0.4 is 5.32 Å². The smallest absolute Gasteiger partial charge is 0.337 e. The highest BCUT2D eigenvalue weighted by Gasteiger charge is 2.11. The van der Waals surface area contributed by atoms with Crippen LogP contribution in [0.1, 0.15) is 34.2 Å². The molecule has 1 aromatic carbocycles. The first kappa shape index (κ1) is 13.1. The Hall–Kier alpha value is -2.30. The second kappa shape index (κ2) is 5.56. The Balaban J connectivity index is 2.30. The maximum absolute atomic E-state index is 11.8. The molecule has 0 bridgehead atoms. The molecule has 5 heteroatoms. The molecule has 2 rings (SSSR count). The average molecular weight is 260 g/mol. The van der Waals surface area contributed by atoms with E-state index in [2.05, 4.69) is 15.0 Å². The number of hydrogen-bond donors (Lipinski definition) is 2. The van der Waals surface area contributed by atoms with Crippen molar-refractivity contribution in [2.24, 2.45) is 0 Å². The van der Waals surface area contributed by atoms with Crippen molar-refractivity contribution in [3.05, 3.63) is 35.5 Å². The van der Waals surface area contributed by atoms with Crippen LogP contribution in [0, 0.1) is 0 Å². The quantitative estimate of drug-likeness (QED) is 0.827. The molecule has 0 aliphatic rings. The molecule has 0 aliphatic carbocycles. The summed E-state index contributed by atoms with van der Waals surface area (Å²) in [7, 11) is 1.34. The molecule has 1 aromatic heterocycles. The largest absolute Gasteiger partial charge is 0.465 e. The number of carbonyl (C=O) groups excluding carboxylic acids is 2. The van der Waals surface area contributed by atoms with Gasteiger partial charge in [0.1, 0.15) is 5.69 Å². The molecule has 1 heterocycles. The van der Waals surface area contributed by atoms with Gasteiger partial charge in [0.15, 0.2) is 0 Å². The van der Waals surface area contributed by atoms with E-state index < -0.39 is 0 Å². The fourth-order valence-electron chi connectivity index (χ4n) is 1.83. The number of benzene rings is 1. The minimum Gasteiger partial charge on any atom is -0.465 e. The molecule has 0 atom stereocenters. The van der Waals surface area contributed by atoms with Gasteiger partial charge in [-0.25, -0.2) is 4.79 Å². The predicted octanol–water partition coefficient (Wildman–Crippen LogP) is 2.09. The number of amides is 1. The van der Waals surface area contributed by atoms with Crippen molar-refractivity contribution < 1.29 is 14.3 Å². The summed E-state index contributed by atoms with van der Waals surface area (Å²) in [4.78, 5) is 26.3. The number of carbonyl (C=O) groups is 2. The molecule has 19 heavy (non-hydrogen) atoms. The van der Waals surface area contributed by atoms with Gasteiger partial charge in [-0.1, -0.05) is 6.92 Å². The molecule has 100 valence electrons. The first-order chi connectivity index (χ1) is 9.15. The number of hydrogen-bond acceptors (Lipinski definition) is 3. The summed E-state index contributed by atoms with van der Waals surface area (Å²) in [5.41, 5.74) is 1.77. The number of ether oxygens (including phenoxy) is 1. The van der Waals surface area contributed by atoms with Gasteiger partial charge in [0.05, 0.1) is 12.7 Å². The van der Waals surface area contributed by atoms with E-state index in [-0.39, 0.29) is 11.9 Å². The first-order valence-electron chi connectivity index (χ1n) is 6.15. The van der Waals surface area contributed by atoms with Gasteiger partial charge in [0.2, 0.25) is 0 Å². The van der Waals surface area contributed by atoms with Crippen molar-refractivity contribution in [2.75, 3.05) is 13.7 Å². The van der Waals surface area contributed by atoms with Crippen LogP contribution in [0.3, 0.4) is 0 Å². The zero-order valence-corrected chi connectivity index (χ0v) is 10.9. The maximum Gasteiger partial charge on any atom is 0.337 e. The lowest BCUT2D eigenvalue weighted by atomic mass is 10.1. The summed E-state index contributed by atoms with van der Waals surface area (Å²) in [6.07, 6.45) is 0.887. The van der Waals surface area contributed by atoms with Crippen LogP contribution in [0.15, 0.2) is 24.3 Å². The average Bonchev–Trinajstić information content (AvgIpc) is 2.86. The number of methoxy groups -OCH3 is 1. The van der Waals surface area contributed by atoms with Crippen LogP contribution in [0.5, 0.6) is 0 Å². The fraction of sp³-hybridized carbons (Fsp3) is 0.286. The van der Waals surface area contributed by atoms with E-state index in [1.807, 2.05) is 6.92 Å². The summed E-state index contributed by atoms with van der Waals surface area (Å²) in [6, 6.07) is 6.86. The SMILES string of the molecule is CCCNC(=O)c1cc2cc(C(=O)OC)ccc2[nH]1. The number of esters is 1. The van der Waals surface area contributed by atoms with Gasteiger partial charge in [-0.05, 0) is 30.7 Å². The van der Waals surface area contributed by atoms with Crippen LogP contribution in [-0.2, 0) is 4.74 Å². The molecule has 0 unspecified atom stereocenters. The highest BCUT2D eigenvalue weighted by atomic mass is 16.5. The zero-order valence-electron chi connectivity index (χ0n) is 10.9. The Morgan fingerprint density at radius 1 is 1.32 bits per heavy atom. The number of nitrogens with one attached hydrogen (secondary N) is 2. The van der Waals surface area contributed by atoms with E-state index >= 15 is 0 Å². The van der Waals surface area contributed by atoms with Crippen molar-refractivity contribution >= 4 is 22.8 Å². The predicted molar refractivity (Wildman–Crippen MR) is 72.3 cm³/mol. The van der Waals surface area contributed by atoms with Crippen LogP contribution in [0.4, 0.5) is 0 Å². The standard InChI is InChI=1S/C14H16N2O3/c1-3-6-15-13(17)12-8-10-7-9(14(18)19-2)4-5-11(10)16-12/h4-5,7-8,16H,3,6H2,1-2H3,(H,15,17). The highest BCUT2D eigenvalue weighted by Crippen LogP contribution is 2.17. The monoisotopic (exact) mass is 260 g/mol. The van der Waals surface area contributed by atoms with Crippen molar-refractivity contribution in [2.45, 2.75) is 13.3 Å². The van der Waals surface area contributed by atoms with Gasteiger partial charge in [0, 0.05) is 17.4 Å². The van der Waals surface area contributed by atoms with Gasteiger partial charge in [-0.3, -0.25) is 4.79 Å². The van der Waals surface area contributed by atoms with Gasteiger partial charge in [-0.15, -0.1) is 0 Å². The maximum atomic E-state index is 11.8. The summed E-state index contributed by atoms with van der Waals surface area (Å²) >= 11 is 0. The second-order valence-corrected chi connectivity index (χ2v) is 4.23. The normalized spacial score (nSPS) is 10.4. The fourth-order valence-corrected chi connectivity index (χ4v) is 1.83. The van der Waals surface area contributed by atoms with E-state index in [4.69, 9.17) is 0 Å². The minimum atomic E-state index is -0.389. The molecule has 0 fully saturated rings. The Labute approximate surface area is 110 Å². The Morgan fingerprint density at radius 3 is 2.79 bits per heavy atom. The van der Waals surface area contributed by atoms with Gasteiger partial charge in [-0.2, -0.15) is 0 Å². The van der Waals surface area contributed by atoms with E-state index in [0.29, 0.717) is 17.8 Å². The molecule has 2 N–H and O–H groups in total. The number of rotatable bonds is 4. The van der Waals surface area contributed by atoms with Crippen molar-refractivity contribution in [3.63, 3.8) is 0 Å². The van der Waals surface area contributed by atoms with Gasteiger partial charge < -0.3 is 15.0 Å². The molecule has 0 saturated heterocycles. The molecular formula is C14H16N2O3. The van der Waals surface area contributed by atoms with Crippen LogP contribution in [0.2, 0.25) is 0 Å². The number of aromatic nitrogens is 1. The topological polar surface area (TPSA) is 71.2 Å². The van der Waals surface area contributed by atoms with Crippen LogP contribution in [0.25, 0.3) is 10.9 Å². The third-order valence-corrected chi connectivity index (χ3v) is 2.82. The Morgan fingerprint density at radius 2 is 2.11 bits per heavy atom. The number of H-pyrrole nitrogens is 1. The summed E-state index contributed by atoms with van der Waals surface area (Å²) in [5, 5.41) is 3.61. The van der Waals surface area contributed by atoms with Crippen molar-refractivity contribution in [3.8, 4) is 0 Å². The van der Waals surface area contributed by atoms with E-state index in [1.54, 1.807) is 24.3 Å². The third kappa shape index (κ3) is 2.76.